The highest BCUT2D eigenvalue weighted by Gasteiger charge is 2.14. The molecule has 0 aromatic heterocycles. The SMILES string of the molecule is CCCCCC(N)c1cc(F)c(Cl)cc1F. The van der Waals surface area contributed by atoms with E-state index in [1.165, 1.54) is 0 Å². The molecule has 90 valence electrons. The van der Waals surface area contributed by atoms with E-state index in [-0.39, 0.29) is 10.6 Å². The molecule has 2 N–H and O–H groups in total. The van der Waals surface area contributed by atoms with Gasteiger partial charge in [0.25, 0.3) is 0 Å². The van der Waals surface area contributed by atoms with Crippen molar-refractivity contribution in [2.75, 3.05) is 0 Å². The van der Waals surface area contributed by atoms with Gasteiger partial charge in [-0.3, -0.25) is 0 Å². The zero-order valence-corrected chi connectivity index (χ0v) is 10.0. The second kappa shape index (κ2) is 6.16. The minimum atomic E-state index is -0.621. The molecule has 0 radical (unpaired) electrons. The Bertz CT molecular complexity index is 355. The standard InChI is InChI=1S/C12H16ClF2N/c1-2-3-4-5-12(16)8-6-11(15)9(13)7-10(8)14/h6-7,12H,2-5,16H2,1H3. The topological polar surface area (TPSA) is 26.0 Å². The predicted octanol–water partition coefficient (Wildman–Crippen LogP) is 4.20. The number of nitrogens with two attached hydrogens (primary N) is 1. The Kier molecular flexibility index (Phi) is 5.16. The normalized spacial score (nSPS) is 12.8. The number of benzene rings is 1. The molecule has 1 aromatic carbocycles. The van der Waals surface area contributed by atoms with Crippen molar-refractivity contribution >= 4 is 11.6 Å². The summed E-state index contributed by atoms with van der Waals surface area (Å²) in [6.45, 7) is 2.08. The fourth-order valence-corrected chi connectivity index (χ4v) is 1.74. The second-order valence-corrected chi connectivity index (χ2v) is 4.30. The molecule has 0 aliphatic heterocycles. The van der Waals surface area contributed by atoms with Crippen LogP contribution in [-0.2, 0) is 0 Å². The monoisotopic (exact) mass is 247 g/mol. The van der Waals surface area contributed by atoms with Gasteiger partial charge in [0, 0.05) is 11.6 Å². The van der Waals surface area contributed by atoms with Crippen LogP contribution in [0.25, 0.3) is 0 Å². The maximum absolute atomic E-state index is 13.5. The molecule has 0 aliphatic rings. The van der Waals surface area contributed by atoms with Crippen LogP contribution in [0.3, 0.4) is 0 Å². The lowest BCUT2D eigenvalue weighted by atomic mass is 10.0. The summed E-state index contributed by atoms with van der Waals surface area (Å²) < 4.78 is 26.6. The van der Waals surface area contributed by atoms with Crippen molar-refractivity contribution in [3.05, 3.63) is 34.4 Å². The highest BCUT2D eigenvalue weighted by molar-refractivity contribution is 6.30. The Hall–Kier alpha value is -0.670. The van der Waals surface area contributed by atoms with E-state index in [1.54, 1.807) is 0 Å². The predicted molar refractivity (Wildman–Crippen MR) is 62.4 cm³/mol. The van der Waals surface area contributed by atoms with Crippen LogP contribution in [0.4, 0.5) is 8.78 Å². The first kappa shape index (κ1) is 13.4. The molecule has 16 heavy (non-hydrogen) atoms. The number of unbranched alkanes of at least 4 members (excludes halogenated alkanes) is 2. The first-order valence-corrected chi connectivity index (χ1v) is 5.84. The molecule has 0 bridgehead atoms. The van der Waals surface area contributed by atoms with Gasteiger partial charge >= 0.3 is 0 Å². The number of hydrogen-bond acceptors (Lipinski definition) is 1. The summed E-state index contributed by atoms with van der Waals surface area (Å²) in [5, 5.41) is -0.206. The molecular weight excluding hydrogens is 232 g/mol. The van der Waals surface area contributed by atoms with Gasteiger partial charge < -0.3 is 5.73 Å². The molecule has 0 saturated heterocycles. The summed E-state index contributed by atoms with van der Waals surface area (Å²) in [5.74, 6) is -1.15. The van der Waals surface area contributed by atoms with Crippen molar-refractivity contribution in [3.8, 4) is 0 Å². The van der Waals surface area contributed by atoms with E-state index in [2.05, 4.69) is 6.92 Å². The van der Waals surface area contributed by atoms with Gasteiger partial charge in [0.1, 0.15) is 11.6 Å². The molecule has 1 atom stereocenters. The minimum absolute atomic E-state index is 0.206. The van der Waals surface area contributed by atoms with Crippen molar-refractivity contribution in [1.29, 1.82) is 0 Å². The maximum atomic E-state index is 13.5. The van der Waals surface area contributed by atoms with Gasteiger partial charge in [0.2, 0.25) is 0 Å². The average molecular weight is 248 g/mol. The van der Waals surface area contributed by atoms with Gasteiger partial charge in [-0.25, -0.2) is 8.78 Å². The summed E-state index contributed by atoms with van der Waals surface area (Å²) in [4.78, 5) is 0. The Labute approximate surface area is 99.6 Å². The lowest BCUT2D eigenvalue weighted by Crippen LogP contribution is -2.12. The van der Waals surface area contributed by atoms with Crippen LogP contribution >= 0.6 is 11.6 Å². The molecule has 4 heteroatoms. The molecule has 1 unspecified atom stereocenters. The van der Waals surface area contributed by atoms with E-state index in [4.69, 9.17) is 17.3 Å². The van der Waals surface area contributed by atoms with Crippen molar-refractivity contribution in [2.24, 2.45) is 5.73 Å². The summed E-state index contributed by atoms with van der Waals surface area (Å²) in [5.41, 5.74) is 6.01. The third kappa shape index (κ3) is 3.42. The van der Waals surface area contributed by atoms with Gasteiger partial charge in [-0.2, -0.15) is 0 Å². The van der Waals surface area contributed by atoms with Crippen molar-refractivity contribution in [3.63, 3.8) is 0 Å². The van der Waals surface area contributed by atoms with Crippen LogP contribution in [0.2, 0.25) is 5.02 Å². The molecule has 0 saturated carbocycles. The van der Waals surface area contributed by atoms with Gasteiger partial charge in [-0.15, -0.1) is 0 Å². The van der Waals surface area contributed by atoms with Crippen LogP contribution in [0.1, 0.15) is 44.2 Å². The van der Waals surface area contributed by atoms with Gasteiger partial charge in [0.05, 0.1) is 5.02 Å². The third-order valence-corrected chi connectivity index (χ3v) is 2.85. The number of hydrogen-bond donors (Lipinski definition) is 1. The third-order valence-electron chi connectivity index (χ3n) is 2.56. The van der Waals surface area contributed by atoms with E-state index in [1.807, 2.05) is 0 Å². The van der Waals surface area contributed by atoms with E-state index in [0.29, 0.717) is 6.42 Å². The number of halogens is 3. The van der Waals surface area contributed by atoms with Gasteiger partial charge in [-0.05, 0) is 18.6 Å². The molecule has 1 rings (SSSR count). The number of rotatable bonds is 5. The van der Waals surface area contributed by atoms with Gasteiger partial charge in [0.15, 0.2) is 0 Å². The highest BCUT2D eigenvalue weighted by atomic mass is 35.5. The van der Waals surface area contributed by atoms with Crippen molar-refractivity contribution in [2.45, 2.75) is 38.6 Å². The molecule has 0 aliphatic carbocycles. The molecule has 0 amide bonds. The second-order valence-electron chi connectivity index (χ2n) is 3.89. The van der Waals surface area contributed by atoms with Crippen LogP contribution in [-0.4, -0.2) is 0 Å². The zero-order chi connectivity index (χ0) is 12.1. The molecule has 0 fully saturated rings. The molecule has 1 nitrogen and oxygen atoms in total. The Morgan fingerprint density at radius 3 is 2.56 bits per heavy atom. The largest absolute Gasteiger partial charge is 0.324 e. The fraction of sp³-hybridized carbons (Fsp3) is 0.500. The summed E-state index contributed by atoms with van der Waals surface area (Å²) >= 11 is 5.46. The fourth-order valence-electron chi connectivity index (χ4n) is 1.59. The van der Waals surface area contributed by atoms with Crippen LogP contribution in [0.5, 0.6) is 0 Å². The van der Waals surface area contributed by atoms with E-state index in [9.17, 15) is 8.78 Å². The molecule has 1 aromatic rings. The van der Waals surface area contributed by atoms with Crippen molar-refractivity contribution < 1.29 is 8.78 Å². The van der Waals surface area contributed by atoms with Crippen molar-refractivity contribution in [1.82, 2.24) is 0 Å². The molecular formula is C12H16ClF2N. The minimum Gasteiger partial charge on any atom is -0.324 e. The Morgan fingerprint density at radius 2 is 1.94 bits per heavy atom. The average Bonchev–Trinajstić information content (AvgIpc) is 2.23. The van der Waals surface area contributed by atoms with Crippen LogP contribution in [0.15, 0.2) is 12.1 Å². The Balaban J connectivity index is 2.75. The summed E-state index contributed by atoms with van der Waals surface area (Å²) in [6, 6.07) is 1.61. The van der Waals surface area contributed by atoms with Crippen LogP contribution in [0, 0.1) is 11.6 Å². The summed E-state index contributed by atoms with van der Waals surface area (Å²) in [7, 11) is 0. The van der Waals surface area contributed by atoms with E-state index < -0.39 is 17.7 Å². The first-order chi connectivity index (χ1) is 7.56. The van der Waals surface area contributed by atoms with Gasteiger partial charge in [-0.1, -0.05) is 37.8 Å². The van der Waals surface area contributed by atoms with E-state index >= 15 is 0 Å². The lowest BCUT2D eigenvalue weighted by Gasteiger charge is -2.13. The van der Waals surface area contributed by atoms with Crippen LogP contribution < -0.4 is 5.73 Å². The molecule has 0 heterocycles. The quantitative estimate of drug-likeness (QED) is 0.613. The van der Waals surface area contributed by atoms with E-state index in [0.717, 1.165) is 31.4 Å². The lowest BCUT2D eigenvalue weighted by molar-refractivity contribution is 0.529. The Morgan fingerprint density at radius 1 is 1.25 bits per heavy atom. The maximum Gasteiger partial charge on any atom is 0.142 e. The smallest absolute Gasteiger partial charge is 0.142 e. The zero-order valence-electron chi connectivity index (χ0n) is 9.27. The first-order valence-electron chi connectivity index (χ1n) is 5.46. The summed E-state index contributed by atoms with van der Waals surface area (Å²) in [6.07, 6.45) is 3.70. The highest BCUT2D eigenvalue weighted by Crippen LogP contribution is 2.25. The molecule has 0 spiro atoms.